The minimum Gasteiger partial charge on any atom is -0.421 e. The molecule has 0 aliphatic heterocycles. The summed E-state index contributed by atoms with van der Waals surface area (Å²) in [6.07, 6.45) is 0.541. The van der Waals surface area contributed by atoms with Crippen LogP contribution in [0.4, 0.5) is 0 Å². The highest BCUT2D eigenvalue weighted by atomic mass is 16.4. The minimum absolute atomic E-state index is 0.0230. The van der Waals surface area contributed by atoms with Gasteiger partial charge >= 0.3 is 0 Å². The van der Waals surface area contributed by atoms with Crippen LogP contribution in [0.15, 0.2) is 34.7 Å². The molecule has 1 aromatic carbocycles. The molecule has 0 spiro atoms. The Labute approximate surface area is 147 Å². The van der Waals surface area contributed by atoms with Crippen LogP contribution >= 0.6 is 0 Å². The smallest absolute Gasteiger partial charge is 0.247 e. The molecule has 25 heavy (non-hydrogen) atoms. The molecular weight excluding hydrogens is 320 g/mol. The molecule has 1 aromatic heterocycles. The largest absolute Gasteiger partial charge is 0.421 e. The van der Waals surface area contributed by atoms with Crippen molar-refractivity contribution in [1.29, 1.82) is 0 Å². The fourth-order valence-electron chi connectivity index (χ4n) is 2.22. The number of aromatic nitrogens is 2. The topological polar surface area (TPSA) is 88.3 Å². The standard InChI is InChI=1S/C18H24N4O3/c1-18(2,3)19-14(23)12-22(4)16(24)11-10-15-20-21-17(25-15)13-8-6-5-7-9-13/h5-9H,10-12H2,1-4H3,(H,19,23). The highest BCUT2D eigenvalue weighted by Crippen LogP contribution is 2.17. The monoisotopic (exact) mass is 344 g/mol. The fourth-order valence-corrected chi connectivity index (χ4v) is 2.22. The minimum atomic E-state index is -0.321. The zero-order valence-corrected chi connectivity index (χ0v) is 15.1. The average Bonchev–Trinajstić information content (AvgIpc) is 3.00. The van der Waals surface area contributed by atoms with Crippen molar-refractivity contribution in [2.75, 3.05) is 13.6 Å². The van der Waals surface area contributed by atoms with Gasteiger partial charge in [-0.25, -0.2) is 0 Å². The van der Waals surface area contributed by atoms with Gasteiger partial charge in [0.25, 0.3) is 0 Å². The van der Waals surface area contributed by atoms with Gasteiger partial charge in [0.05, 0.1) is 6.54 Å². The molecule has 0 radical (unpaired) electrons. The Kier molecular flexibility index (Phi) is 5.90. The van der Waals surface area contributed by atoms with Crippen LogP contribution in [-0.4, -0.2) is 46.0 Å². The molecular formula is C18H24N4O3. The van der Waals surface area contributed by atoms with Gasteiger partial charge in [0.15, 0.2) is 0 Å². The number of amides is 2. The molecule has 0 saturated carbocycles. The van der Waals surface area contributed by atoms with Gasteiger partial charge in [-0.1, -0.05) is 18.2 Å². The van der Waals surface area contributed by atoms with Crippen molar-refractivity contribution in [1.82, 2.24) is 20.4 Å². The van der Waals surface area contributed by atoms with Crippen molar-refractivity contribution >= 4 is 11.8 Å². The zero-order chi connectivity index (χ0) is 18.4. The maximum Gasteiger partial charge on any atom is 0.247 e. The lowest BCUT2D eigenvalue weighted by Crippen LogP contribution is -2.46. The number of likely N-dealkylation sites (N-methyl/N-ethyl adjacent to an activating group) is 1. The lowest BCUT2D eigenvalue weighted by Gasteiger charge is -2.23. The summed E-state index contributed by atoms with van der Waals surface area (Å²) in [7, 11) is 1.60. The van der Waals surface area contributed by atoms with Crippen LogP contribution in [0.25, 0.3) is 11.5 Å². The molecule has 2 rings (SSSR count). The number of aryl methyl sites for hydroxylation is 1. The molecule has 0 bridgehead atoms. The van der Waals surface area contributed by atoms with Crippen molar-refractivity contribution in [2.24, 2.45) is 0 Å². The molecule has 0 unspecified atom stereocenters. The van der Waals surface area contributed by atoms with Crippen LogP contribution < -0.4 is 5.32 Å². The molecule has 0 saturated heterocycles. The maximum absolute atomic E-state index is 12.2. The van der Waals surface area contributed by atoms with Gasteiger partial charge in [-0.3, -0.25) is 9.59 Å². The molecule has 2 amide bonds. The summed E-state index contributed by atoms with van der Waals surface area (Å²) >= 11 is 0. The van der Waals surface area contributed by atoms with E-state index in [1.807, 2.05) is 51.1 Å². The number of carbonyl (C=O) groups is 2. The Bertz CT molecular complexity index is 719. The fraction of sp³-hybridized carbons (Fsp3) is 0.444. The molecule has 0 atom stereocenters. The van der Waals surface area contributed by atoms with E-state index >= 15 is 0 Å². The van der Waals surface area contributed by atoms with Crippen LogP contribution in [0.1, 0.15) is 33.1 Å². The predicted octanol–water partition coefficient (Wildman–Crippen LogP) is 2.04. The number of nitrogens with one attached hydrogen (secondary N) is 1. The van der Waals surface area contributed by atoms with E-state index in [2.05, 4.69) is 15.5 Å². The molecule has 134 valence electrons. The number of carbonyl (C=O) groups excluding carboxylic acids is 2. The summed E-state index contributed by atoms with van der Waals surface area (Å²) in [4.78, 5) is 25.4. The van der Waals surface area contributed by atoms with Gasteiger partial charge < -0.3 is 14.6 Å². The SMILES string of the molecule is CN(CC(=O)NC(C)(C)C)C(=O)CCc1nnc(-c2ccccc2)o1. The Morgan fingerprint density at radius 2 is 1.84 bits per heavy atom. The van der Waals surface area contributed by atoms with Crippen LogP contribution in [0.2, 0.25) is 0 Å². The van der Waals surface area contributed by atoms with Crippen molar-refractivity contribution in [3.8, 4) is 11.5 Å². The van der Waals surface area contributed by atoms with E-state index in [1.165, 1.54) is 4.90 Å². The summed E-state index contributed by atoms with van der Waals surface area (Å²) in [5, 5.41) is 10.8. The number of hydrogen-bond acceptors (Lipinski definition) is 5. The van der Waals surface area contributed by atoms with E-state index in [0.29, 0.717) is 18.2 Å². The quantitative estimate of drug-likeness (QED) is 0.866. The molecule has 0 aliphatic rings. The normalized spacial score (nSPS) is 11.2. The lowest BCUT2D eigenvalue weighted by molar-refractivity contribution is -0.135. The van der Waals surface area contributed by atoms with E-state index < -0.39 is 0 Å². The molecule has 7 heteroatoms. The first-order valence-corrected chi connectivity index (χ1v) is 8.17. The van der Waals surface area contributed by atoms with Gasteiger partial charge in [0.1, 0.15) is 0 Å². The Hall–Kier alpha value is -2.70. The van der Waals surface area contributed by atoms with E-state index in [-0.39, 0.29) is 30.3 Å². The molecule has 1 heterocycles. The summed E-state index contributed by atoms with van der Waals surface area (Å²) in [6, 6.07) is 9.44. The van der Waals surface area contributed by atoms with Gasteiger partial charge in [0.2, 0.25) is 23.6 Å². The first-order valence-electron chi connectivity index (χ1n) is 8.17. The molecule has 7 nitrogen and oxygen atoms in total. The highest BCUT2D eigenvalue weighted by Gasteiger charge is 2.18. The van der Waals surface area contributed by atoms with E-state index in [9.17, 15) is 9.59 Å². The molecule has 0 aliphatic carbocycles. The summed E-state index contributed by atoms with van der Waals surface area (Å²) < 4.78 is 5.57. The molecule has 2 aromatic rings. The second-order valence-electron chi connectivity index (χ2n) is 6.91. The van der Waals surface area contributed by atoms with Crippen molar-refractivity contribution in [2.45, 2.75) is 39.2 Å². The molecule has 0 fully saturated rings. The number of benzene rings is 1. The average molecular weight is 344 g/mol. The first-order chi connectivity index (χ1) is 11.7. The van der Waals surface area contributed by atoms with E-state index in [1.54, 1.807) is 7.05 Å². The van der Waals surface area contributed by atoms with Crippen molar-refractivity contribution in [3.05, 3.63) is 36.2 Å². The summed E-state index contributed by atoms with van der Waals surface area (Å²) in [5.41, 5.74) is 0.516. The van der Waals surface area contributed by atoms with Crippen LogP contribution in [0.3, 0.4) is 0 Å². The zero-order valence-electron chi connectivity index (χ0n) is 15.1. The van der Waals surface area contributed by atoms with Crippen molar-refractivity contribution in [3.63, 3.8) is 0 Å². The number of hydrogen-bond donors (Lipinski definition) is 1. The third kappa shape index (κ3) is 6.02. The van der Waals surface area contributed by atoms with Gasteiger partial charge in [-0.2, -0.15) is 0 Å². The Morgan fingerprint density at radius 1 is 1.16 bits per heavy atom. The summed E-state index contributed by atoms with van der Waals surface area (Å²) in [5.74, 6) is 0.497. The van der Waals surface area contributed by atoms with Crippen LogP contribution in [0, 0.1) is 0 Å². The second-order valence-corrected chi connectivity index (χ2v) is 6.91. The lowest BCUT2D eigenvalue weighted by atomic mass is 10.1. The van der Waals surface area contributed by atoms with Crippen LogP contribution in [0.5, 0.6) is 0 Å². The second kappa shape index (κ2) is 7.92. The number of nitrogens with zero attached hydrogens (tertiary/aromatic N) is 3. The van der Waals surface area contributed by atoms with Gasteiger partial charge in [0, 0.05) is 31.0 Å². The summed E-state index contributed by atoms with van der Waals surface area (Å²) in [6.45, 7) is 5.71. The van der Waals surface area contributed by atoms with E-state index in [0.717, 1.165) is 5.56 Å². The maximum atomic E-state index is 12.2. The first kappa shape index (κ1) is 18.6. The predicted molar refractivity (Wildman–Crippen MR) is 93.6 cm³/mol. The third-order valence-electron chi connectivity index (χ3n) is 3.36. The third-order valence-corrected chi connectivity index (χ3v) is 3.36. The van der Waals surface area contributed by atoms with E-state index in [4.69, 9.17) is 4.42 Å². The Balaban J connectivity index is 1.84. The van der Waals surface area contributed by atoms with Crippen LogP contribution in [-0.2, 0) is 16.0 Å². The van der Waals surface area contributed by atoms with Gasteiger partial charge in [-0.15, -0.1) is 10.2 Å². The molecule has 1 N–H and O–H groups in total. The van der Waals surface area contributed by atoms with Crippen molar-refractivity contribution < 1.29 is 14.0 Å². The highest BCUT2D eigenvalue weighted by molar-refractivity contribution is 5.85. The number of rotatable bonds is 6. The van der Waals surface area contributed by atoms with Gasteiger partial charge in [-0.05, 0) is 32.9 Å². The Morgan fingerprint density at radius 3 is 2.48 bits per heavy atom.